The molecule has 1 rings (SSSR count). The zero-order chi connectivity index (χ0) is 24.0. The summed E-state index contributed by atoms with van der Waals surface area (Å²) >= 11 is 0. The van der Waals surface area contributed by atoms with E-state index in [1.54, 1.807) is 13.8 Å². The minimum absolute atomic E-state index is 0.0156. The minimum atomic E-state index is -0.256. The number of amides is 1. The summed E-state index contributed by atoms with van der Waals surface area (Å²) in [6, 6.07) is 0.406. The minimum Gasteiger partial charge on any atom is -0.462 e. The van der Waals surface area contributed by atoms with Crippen molar-refractivity contribution in [2.45, 2.75) is 136 Å². The number of esters is 1. The number of ether oxygens (including phenoxy) is 1. The van der Waals surface area contributed by atoms with Crippen molar-refractivity contribution >= 4 is 11.9 Å². The molecule has 0 heterocycles. The van der Waals surface area contributed by atoms with Crippen LogP contribution in [0.15, 0.2) is 24.3 Å². The summed E-state index contributed by atoms with van der Waals surface area (Å²) in [7, 11) is 0. The topological polar surface area (TPSA) is 55.4 Å². The highest BCUT2D eigenvalue weighted by molar-refractivity contribution is 5.92. The van der Waals surface area contributed by atoms with Crippen LogP contribution >= 0.6 is 0 Å². The van der Waals surface area contributed by atoms with Crippen LogP contribution < -0.4 is 5.32 Å². The summed E-state index contributed by atoms with van der Waals surface area (Å²) in [6.45, 7) is 13.4. The van der Waals surface area contributed by atoms with Gasteiger partial charge in [0, 0.05) is 17.2 Å². The first-order valence-corrected chi connectivity index (χ1v) is 13.2. The predicted octanol–water partition coefficient (Wildman–Crippen LogP) is 7.82. The molecule has 0 unspecified atom stereocenters. The molecular weight excluding hydrogens is 398 g/mol. The molecule has 32 heavy (non-hydrogen) atoms. The van der Waals surface area contributed by atoms with Gasteiger partial charge in [-0.1, -0.05) is 110 Å². The van der Waals surface area contributed by atoms with Gasteiger partial charge in [0.25, 0.3) is 0 Å². The summed E-state index contributed by atoms with van der Waals surface area (Å²) < 4.78 is 5.06. The maximum atomic E-state index is 11.2. The lowest BCUT2D eigenvalue weighted by Gasteiger charge is -2.22. The molecule has 186 valence electrons. The highest BCUT2D eigenvalue weighted by atomic mass is 16.5. The third-order valence-electron chi connectivity index (χ3n) is 5.91. The Morgan fingerprint density at radius 1 is 0.750 bits per heavy atom. The lowest BCUT2D eigenvalue weighted by molar-refractivity contribution is -0.139. The van der Waals surface area contributed by atoms with Gasteiger partial charge >= 0.3 is 5.97 Å². The van der Waals surface area contributed by atoms with Gasteiger partial charge in [-0.3, -0.25) is 4.79 Å². The van der Waals surface area contributed by atoms with Gasteiger partial charge in [-0.25, -0.2) is 4.79 Å². The van der Waals surface area contributed by atoms with E-state index in [1.807, 2.05) is 0 Å². The predicted molar refractivity (Wildman–Crippen MR) is 137 cm³/mol. The molecule has 0 spiro atoms. The molecular formula is C28H51NO3. The zero-order valence-electron chi connectivity index (χ0n) is 21.4. The van der Waals surface area contributed by atoms with Crippen LogP contribution in [0.4, 0.5) is 0 Å². The molecule has 0 aromatic rings. The van der Waals surface area contributed by atoms with Crippen LogP contribution in [0.2, 0.25) is 0 Å². The van der Waals surface area contributed by atoms with Gasteiger partial charge in [-0.2, -0.15) is 0 Å². The van der Waals surface area contributed by atoms with Gasteiger partial charge in [0.05, 0.1) is 6.61 Å². The van der Waals surface area contributed by atoms with Gasteiger partial charge in [0.1, 0.15) is 0 Å². The Morgan fingerprint density at radius 2 is 1.22 bits per heavy atom. The number of hydrogen-bond donors (Lipinski definition) is 1. The second kappa shape index (κ2) is 21.3. The molecule has 0 aromatic carbocycles. The SMILES string of the molecule is C=C(C)C(=O)NC1CCCCC1.C=C(C)C(=O)OCCCCCCCCCCCCCC. The van der Waals surface area contributed by atoms with Crippen molar-refractivity contribution in [3.8, 4) is 0 Å². The molecule has 1 N–H and O–H groups in total. The number of carbonyl (C=O) groups is 2. The summed E-state index contributed by atoms with van der Waals surface area (Å²) in [5.74, 6) is -0.241. The van der Waals surface area contributed by atoms with E-state index < -0.39 is 0 Å². The highest BCUT2D eigenvalue weighted by Gasteiger charge is 2.15. The highest BCUT2D eigenvalue weighted by Crippen LogP contribution is 2.17. The normalized spacial score (nSPS) is 13.6. The second-order valence-corrected chi connectivity index (χ2v) is 9.39. The van der Waals surface area contributed by atoms with Crippen LogP contribution in [0.1, 0.15) is 130 Å². The molecule has 1 saturated carbocycles. The van der Waals surface area contributed by atoms with Gasteiger partial charge in [0.2, 0.25) is 5.91 Å². The van der Waals surface area contributed by atoms with Gasteiger partial charge < -0.3 is 10.1 Å². The molecule has 0 radical (unpaired) electrons. The van der Waals surface area contributed by atoms with Crippen molar-refractivity contribution in [1.29, 1.82) is 0 Å². The van der Waals surface area contributed by atoms with Crippen LogP contribution in [0, 0.1) is 0 Å². The molecule has 0 atom stereocenters. The fraction of sp³-hybridized carbons (Fsp3) is 0.786. The zero-order valence-corrected chi connectivity index (χ0v) is 21.4. The Morgan fingerprint density at radius 3 is 1.66 bits per heavy atom. The molecule has 0 aromatic heterocycles. The summed E-state index contributed by atoms with van der Waals surface area (Å²) in [6.07, 6.45) is 22.0. The van der Waals surface area contributed by atoms with Crippen LogP contribution in [-0.4, -0.2) is 24.5 Å². The third-order valence-corrected chi connectivity index (χ3v) is 5.91. The Balaban J connectivity index is 0.000000677. The first-order chi connectivity index (χ1) is 15.4. The average molecular weight is 450 g/mol. The summed E-state index contributed by atoms with van der Waals surface area (Å²) in [4.78, 5) is 22.3. The fourth-order valence-electron chi connectivity index (χ4n) is 3.79. The monoisotopic (exact) mass is 449 g/mol. The molecule has 0 aliphatic heterocycles. The van der Waals surface area contributed by atoms with Crippen LogP contribution in [0.3, 0.4) is 0 Å². The van der Waals surface area contributed by atoms with E-state index in [-0.39, 0.29) is 11.9 Å². The van der Waals surface area contributed by atoms with Crippen LogP contribution in [0.5, 0.6) is 0 Å². The summed E-state index contributed by atoms with van der Waals surface area (Å²) in [5.41, 5.74) is 1.10. The van der Waals surface area contributed by atoms with E-state index in [0.29, 0.717) is 23.8 Å². The van der Waals surface area contributed by atoms with Gasteiger partial charge in [-0.05, 0) is 33.1 Å². The van der Waals surface area contributed by atoms with Crippen molar-refractivity contribution in [2.75, 3.05) is 6.61 Å². The lowest BCUT2D eigenvalue weighted by Crippen LogP contribution is -2.36. The molecule has 0 saturated heterocycles. The molecule has 0 bridgehead atoms. The first kappa shape index (κ1) is 30.4. The largest absolute Gasteiger partial charge is 0.462 e. The van der Waals surface area contributed by atoms with Crippen molar-refractivity contribution in [2.24, 2.45) is 0 Å². The molecule has 4 nitrogen and oxygen atoms in total. The number of rotatable bonds is 16. The van der Waals surface area contributed by atoms with E-state index in [9.17, 15) is 9.59 Å². The second-order valence-electron chi connectivity index (χ2n) is 9.39. The molecule has 1 amide bonds. The van der Waals surface area contributed by atoms with E-state index in [4.69, 9.17) is 4.74 Å². The van der Waals surface area contributed by atoms with E-state index in [1.165, 1.54) is 89.9 Å². The third kappa shape index (κ3) is 19.1. The smallest absolute Gasteiger partial charge is 0.333 e. The quantitative estimate of drug-likeness (QED) is 0.148. The Bertz CT molecular complexity index is 521. The Kier molecular flexibility index (Phi) is 20.2. The first-order valence-electron chi connectivity index (χ1n) is 13.2. The maximum absolute atomic E-state index is 11.2. The number of carbonyl (C=O) groups excluding carboxylic acids is 2. The Hall–Kier alpha value is -1.58. The molecule has 4 heteroatoms. The Labute approximate surface area is 198 Å². The van der Waals surface area contributed by atoms with Gasteiger partial charge in [0.15, 0.2) is 0 Å². The van der Waals surface area contributed by atoms with Crippen molar-refractivity contribution in [3.63, 3.8) is 0 Å². The van der Waals surface area contributed by atoms with Crippen molar-refractivity contribution in [3.05, 3.63) is 24.3 Å². The lowest BCUT2D eigenvalue weighted by atomic mass is 9.95. The number of nitrogens with one attached hydrogen (secondary N) is 1. The van der Waals surface area contributed by atoms with Crippen LogP contribution in [-0.2, 0) is 14.3 Å². The maximum Gasteiger partial charge on any atom is 0.333 e. The van der Waals surface area contributed by atoms with Crippen molar-refractivity contribution in [1.82, 2.24) is 5.32 Å². The van der Waals surface area contributed by atoms with Crippen LogP contribution in [0.25, 0.3) is 0 Å². The molecule has 1 aliphatic rings. The number of unbranched alkanes of at least 4 members (excludes halogenated alkanes) is 11. The van der Waals surface area contributed by atoms with E-state index in [2.05, 4.69) is 25.4 Å². The number of hydrogen-bond acceptors (Lipinski definition) is 3. The fourth-order valence-corrected chi connectivity index (χ4v) is 3.79. The van der Waals surface area contributed by atoms with E-state index >= 15 is 0 Å². The molecule has 1 aliphatic carbocycles. The average Bonchev–Trinajstić information content (AvgIpc) is 2.77. The van der Waals surface area contributed by atoms with Crippen molar-refractivity contribution < 1.29 is 14.3 Å². The van der Waals surface area contributed by atoms with Gasteiger partial charge in [-0.15, -0.1) is 0 Å². The van der Waals surface area contributed by atoms with E-state index in [0.717, 1.165) is 19.3 Å². The summed E-state index contributed by atoms with van der Waals surface area (Å²) in [5, 5.41) is 2.98. The standard InChI is InChI=1S/C18H34O2.C10H17NO/c1-4-5-6-7-8-9-10-11-12-13-14-15-16-20-18(19)17(2)3;1-8(2)10(12)11-9-6-4-3-5-7-9/h2,4-16H2,1,3H3;9H,1,3-7H2,2H3,(H,11,12). The molecule has 1 fully saturated rings.